The molecule has 0 aliphatic carbocycles. The van der Waals surface area contributed by atoms with Crippen molar-refractivity contribution < 1.29 is 32.9 Å². The van der Waals surface area contributed by atoms with Gasteiger partial charge in [0.15, 0.2) is 0 Å². The second-order valence-electron chi connectivity index (χ2n) is 15.7. The topological polar surface area (TPSA) is 105 Å². The highest BCUT2D eigenvalue weighted by atomic mass is 31.2. The number of hydrogen-bond acceptors (Lipinski definition) is 5. The Kier molecular flexibility index (Phi) is 35.6. The first-order valence-electron chi connectivity index (χ1n) is 21.7. The van der Waals surface area contributed by atoms with Crippen LogP contribution >= 0.6 is 7.82 Å². The summed E-state index contributed by atoms with van der Waals surface area (Å²) in [6.07, 6.45) is 46.8. The van der Waals surface area contributed by atoms with Crippen molar-refractivity contribution >= 4 is 13.7 Å². The van der Waals surface area contributed by atoms with E-state index in [2.05, 4.69) is 79.9 Å². The number of rotatable bonds is 38. The number of carbonyl (C=O) groups is 1. The molecule has 0 rings (SSSR count). The summed E-state index contributed by atoms with van der Waals surface area (Å²) in [7, 11) is 1.59. The fourth-order valence-corrected chi connectivity index (χ4v) is 6.57. The van der Waals surface area contributed by atoms with Crippen LogP contribution in [0.1, 0.15) is 168 Å². The molecular formula is C45H84N2O6P+. The van der Waals surface area contributed by atoms with Crippen molar-refractivity contribution in [2.75, 3.05) is 40.9 Å². The molecule has 3 N–H and O–H groups in total. The van der Waals surface area contributed by atoms with Crippen molar-refractivity contribution in [1.29, 1.82) is 0 Å². The van der Waals surface area contributed by atoms with Crippen LogP contribution in [-0.4, -0.2) is 73.4 Å². The number of amides is 1. The van der Waals surface area contributed by atoms with Gasteiger partial charge in [0.05, 0.1) is 39.9 Å². The maximum Gasteiger partial charge on any atom is 0.472 e. The van der Waals surface area contributed by atoms with Crippen molar-refractivity contribution in [3.8, 4) is 0 Å². The van der Waals surface area contributed by atoms with E-state index < -0.39 is 20.0 Å². The first-order chi connectivity index (χ1) is 26.0. The van der Waals surface area contributed by atoms with Crippen molar-refractivity contribution in [2.45, 2.75) is 180 Å². The summed E-state index contributed by atoms with van der Waals surface area (Å²) in [5.41, 5.74) is 0. The molecule has 0 fully saturated rings. The van der Waals surface area contributed by atoms with Crippen LogP contribution in [0.3, 0.4) is 0 Å². The van der Waals surface area contributed by atoms with Crippen molar-refractivity contribution in [2.24, 2.45) is 0 Å². The van der Waals surface area contributed by atoms with Gasteiger partial charge in [0.2, 0.25) is 5.91 Å². The fraction of sp³-hybridized carbons (Fsp3) is 0.756. The van der Waals surface area contributed by atoms with Crippen LogP contribution in [0.4, 0.5) is 0 Å². The fourth-order valence-electron chi connectivity index (χ4n) is 5.84. The molecular weight excluding hydrogens is 695 g/mol. The Morgan fingerprint density at radius 2 is 1.11 bits per heavy atom. The monoisotopic (exact) mass is 780 g/mol. The third-order valence-electron chi connectivity index (χ3n) is 9.28. The molecule has 0 aromatic carbocycles. The Labute approximate surface area is 332 Å². The Balaban J connectivity index is 4.28. The molecule has 0 aliphatic rings. The van der Waals surface area contributed by atoms with E-state index in [0.29, 0.717) is 23.9 Å². The molecule has 0 radical (unpaired) electrons. The zero-order valence-corrected chi connectivity index (χ0v) is 36.3. The molecule has 8 nitrogen and oxygen atoms in total. The quantitative estimate of drug-likeness (QED) is 0.0249. The molecule has 3 atom stereocenters. The third-order valence-corrected chi connectivity index (χ3v) is 10.3. The first-order valence-corrected chi connectivity index (χ1v) is 23.1. The number of nitrogens with zero attached hydrogens (tertiary/aromatic N) is 1. The number of allylic oxidation sites excluding steroid dienone is 10. The standard InChI is InChI=1S/C45H83N2O6P/c1-6-8-10-12-14-16-17-18-19-20-21-22-23-24-25-26-27-28-29-31-33-35-37-39-45(49)46-43(42-53-54(50,51)52-41-40-47(3,4)5)44(48)38-36-34-32-30-15-13-11-9-7-2/h8,10,14,16,18-19,21-22,24-25,43-44,48H,6-7,9,11-13,15,17,20,23,26-42H2,1-5H3,(H-,46,49,50,51)/p+1/b10-8-,16-14-,19-18-,22-21-,25-24-. The SMILES string of the molecule is CC/C=C\C/C=C\C/C=C\C/C=C\C/C=C\CCCCCCCCCC(=O)NC(COP(=O)(O)OCC[N+](C)(C)C)C(O)CCCCCCCCCCC. The third kappa shape index (κ3) is 38.5. The Morgan fingerprint density at radius 1 is 0.648 bits per heavy atom. The number of carbonyl (C=O) groups excluding carboxylic acids is 1. The van der Waals surface area contributed by atoms with E-state index in [4.69, 9.17) is 9.05 Å². The summed E-state index contributed by atoms with van der Waals surface area (Å²) >= 11 is 0. The van der Waals surface area contributed by atoms with Gasteiger partial charge >= 0.3 is 7.82 Å². The lowest BCUT2D eigenvalue weighted by atomic mass is 10.0. The number of hydrogen-bond donors (Lipinski definition) is 3. The minimum absolute atomic E-state index is 0.0691. The summed E-state index contributed by atoms with van der Waals surface area (Å²) in [4.78, 5) is 23.1. The van der Waals surface area contributed by atoms with Gasteiger partial charge in [-0.2, -0.15) is 0 Å². The zero-order chi connectivity index (χ0) is 40.0. The van der Waals surface area contributed by atoms with Gasteiger partial charge in [0, 0.05) is 6.42 Å². The van der Waals surface area contributed by atoms with Crippen LogP contribution in [0, 0.1) is 0 Å². The average Bonchev–Trinajstić information content (AvgIpc) is 3.12. The number of aliphatic hydroxyl groups excluding tert-OH is 1. The lowest BCUT2D eigenvalue weighted by Crippen LogP contribution is -2.46. The van der Waals surface area contributed by atoms with Crippen LogP contribution in [0.2, 0.25) is 0 Å². The predicted octanol–water partition coefficient (Wildman–Crippen LogP) is 11.9. The number of quaternary nitrogens is 1. The summed E-state index contributed by atoms with van der Waals surface area (Å²) in [5, 5.41) is 13.9. The summed E-state index contributed by atoms with van der Waals surface area (Å²) < 4.78 is 23.5. The molecule has 0 aromatic heterocycles. The lowest BCUT2D eigenvalue weighted by Gasteiger charge is -2.26. The number of likely N-dealkylation sites (N-methyl/N-ethyl adjacent to an activating group) is 1. The van der Waals surface area contributed by atoms with E-state index >= 15 is 0 Å². The van der Waals surface area contributed by atoms with Crippen LogP contribution < -0.4 is 5.32 Å². The minimum Gasteiger partial charge on any atom is -0.391 e. The highest BCUT2D eigenvalue weighted by Gasteiger charge is 2.28. The largest absolute Gasteiger partial charge is 0.472 e. The molecule has 54 heavy (non-hydrogen) atoms. The van der Waals surface area contributed by atoms with Gasteiger partial charge in [0.1, 0.15) is 13.2 Å². The maximum absolute atomic E-state index is 12.8. The highest BCUT2D eigenvalue weighted by molar-refractivity contribution is 7.47. The van der Waals surface area contributed by atoms with Crippen LogP contribution in [-0.2, 0) is 18.4 Å². The number of phosphoric ester groups is 1. The van der Waals surface area contributed by atoms with Crippen molar-refractivity contribution in [1.82, 2.24) is 5.32 Å². The second kappa shape index (κ2) is 36.8. The van der Waals surface area contributed by atoms with Gasteiger partial charge in [-0.15, -0.1) is 0 Å². The van der Waals surface area contributed by atoms with Crippen LogP contribution in [0.5, 0.6) is 0 Å². The van der Waals surface area contributed by atoms with Gasteiger partial charge in [-0.3, -0.25) is 13.8 Å². The molecule has 1 amide bonds. The molecule has 0 saturated carbocycles. The molecule has 314 valence electrons. The van der Waals surface area contributed by atoms with E-state index in [1.807, 2.05) is 21.1 Å². The smallest absolute Gasteiger partial charge is 0.391 e. The van der Waals surface area contributed by atoms with E-state index in [-0.39, 0.29) is 19.1 Å². The summed E-state index contributed by atoms with van der Waals surface area (Å²) in [6.45, 7) is 4.72. The molecule has 0 saturated heterocycles. The second-order valence-corrected chi connectivity index (χ2v) is 17.1. The van der Waals surface area contributed by atoms with Crippen LogP contribution in [0.25, 0.3) is 0 Å². The molecule has 0 aromatic rings. The Morgan fingerprint density at radius 3 is 1.63 bits per heavy atom. The Bertz CT molecular complexity index is 1060. The molecule has 0 heterocycles. The minimum atomic E-state index is -4.31. The molecule has 0 bridgehead atoms. The molecule has 0 spiro atoms. The van der Waals surface area contributed by atoms with E-state index in [0.717, 1.165) is 77.0 Å². The van der Waals surface area contributed by atoms with Gasteiger partial charge in [-0.05, 0) is 57.8 Å². The average molecular weight is 780 g/mol. The number of aliphatic hydroxyl groups is 1. The Hall–Kier alpha value is -1.80. The number of phosphoric acid groups is 1. The maximum atomic E-state index is 12.8. The van der Waals surface area contributed by atoms with E-state index in [1.54, 1.807) is 0 Å². The van der Waals surface area contributed by atoms with Gasteiger partial charge in [-0.1, -0.05) is 164 Å². The molecule has 3 unspecified atom stereocenters. The highest BCUT2D eigenvalue weighted by Crippen LogP contribution is 2.43. The van der Waals surface area contributed by atoms with E-state index in [9.17, 15) is 19.4 Å². The normalized spacial score (nSPS) is 15.0. The first kappa shape index (κ1) is 52.2. The number of unbranched alkanes of at least 4 members (excludes halogenated alkanes) is 15. The van der Waals surface area contributed by atoms with Gasteiger partial charge in [0.25, 0.3) is 0 Å². The van der Waals surface area contributed by atoms with Crippen LogP contribution in [0.15, 0.2) is 60.8 Å². The number of nitrogens with one attached hydrogen (secondary N) is 1. The van der Waals surface area contributed by atoms with E-state index in [1.165, 1.54) is 64.2 Å². The summed E-state index contributed by atoms with van der Waals surface area (Å²) in [5.74, 6) is -0.162. The zero-order valence-electron chi connectivity index (χ0n) is 35.4. The van der Waals surface area contributed by atoms with Gasteiger partial charge in [-0.25, -0.2) is 4.57 Å². The van der Waals surface area contributed by atoms with Crippen molar-refractivity contribution in [3.05, 3.63) is 60.8 Å². The molecule has 0 aliphatic heterocycles. The van der Waals surface area contributed by atoms with Crippen molar-refractivity contribution in [3.63, 3.8) is 0 Å². The lowest BCUT2D eigenvalue weighted by molar-refractivity contribution is -0.870. The van der Waals surface area contributed by atoms with Gasteiger partial charge < -0.3 is 19.8 Å². The molecule has 9 heteroatoms. The summed E-state index contributed by atoms with van der Waals surface area (Å²) in [6, 6.07) is -0.767. The predicted molar refractivity (Wildman–Crippen MR) is 230 cm³/mol.